The van der Waals surface area contributed by atoms with Gasteiger partial charge in [-0.1, -0.05) is 218 Å². The number of esters is 3. The van der Waals surface area contributed by atoms with Crippen molar-refractivity contribution in [3.63, 3.8) is 0 Å². The first-order chi connectivity index (χ1) is 30.0. The topological polar surface area (TPSA) is 78.9 Å². The molecule has 0 N–H and O–H groups in total. The second kappa shape index (κ2) is 50.3. The molecule has 6 heteroatoms. The molecule has 0 radical (unpaired) electrons. The molecule has 0 bridgehead atoms. The van der Waals surface area contributed by atoms with E-state index in [9.17, 15) is 14.4 Å². The molecule has 0 amide bonds. The Morgan fingerprint density at radius 3 is 0.967 bits per heavy atom. The molecule has 1 atom stereocenters. The summed E-state index contributed by atoms with van der Waals surface area (Å²) in [5.74, 6) is -0.881. The third-order valence-electron chi connectivity index (χ3n) is 11.6. The molecule has 6 nitrogen and oxygen atoms in total. The van der Waals surface area contributed by atoms with Crippen LogP contribution in [-0.4, -0.2) is 37.2 Å². The van der Waals surface area contributed by atoms with Gasteiger partial charge in [0.1, 0.15) is 13.2 Å². The summed E-state index contributed by atoms with van der Waals surface area (Å²) in [6.07, 6.45) is 58.3. The molecule has 0 heterocycles. The van der Waals surface area contributed by atoms with Gasteiger partial charge in [0.25, 0.3) is 0 Å². The smallest absolute Gasteiger partial charge is 0.306 e. The number of rotatable bonds is 48. The fraction of sp³-hybridized carbons (Fsp3) is 0.836. The first-order valence-corrected chi connectivity index (χ1v) is 26.5. The van der Waals surface area contributed by atoms with Crippen LogP contribution in [0.15, 0.2) is 36.5 Å². The second-order valence-electron chi connectivity index (χ2n) is 17.8. The SMILES string of the molecule is CCCCC/C=C\C/C=C\CCCCCCCCCC(=O)O[C@H](COC(=O)CCCCCCC/C=C\CCCCCC)COC(=O)CCCCCCCCCCCCCCC. The molecular formula is C55H100O6. The maximum Gasteiger partial charge on any atom is 0.306 e. The molecule has 0 unspecified atom stereocenters. The number of hydrogen-bond donors (Lipinski definition) is 0. The van der Waals surface area contributed by atoms with E-state index in [4.69, 9.17) is 14.2 Å². The lowest BCUT2D eigenvalue weighted by molar-refractivity contribution is -0.167. The van der Waals surface area contributed by atoms with Crippen LogP contribution in [0.2, 0.25) is 0 Å². The molecule has 0 aliphatic heterocycles. The number of hydrogen-bond acceptors (Lipinski definition) is 6. The summed E-state index contributed by atoms with van der Waals surface area (Å²) >= 11 is 0. The fourth-order valence-corrected chi connectivity index (χ4v) is 7.59. The van der Waals surface area contributed by atoms with Gasteiger partial charge in [0.15, 0.2) is 6.10 Å². The number of carbonyl (C=O) groups is 3. The van der Waals surface area contributed by atoms with E-state index in [1.165, 1.54) is 161 Å². The van der Waals surface area contributed by atoms with E-state index in [1.54, 1.807) is 0 Å². The van der Waals surface area contributed by atoms with Gasteiger partial charge in [-0.3, -0.25) is 14.4 Å². The summed E-state index contributed by atoms with van der Waals surface area (Å²) in [6, 6.07) is 0. The molecule has 0 aliphatic rings. The normalized spacial score (nSPS) is 12.2. The average molecular weight is 857 g/mol. The molecule has 0 aliphatic carbocycles. The zero-order chi connectivity index (χ0) is 44.4. The average Bonchev–Trinajstić information content (AvgIpc) is 3.26. The summed E-state index contributed by atoms with van der Waals surface area (Å²) < 4.78 is 16.8. The molecule has 0 rings (SSSR count). The minimum absolute atomic E-state index is 0.0750. The predicted octanol–water partition coefficient (Wildman–Crippen LogP) is 17.3. The Labute approximate surface area is 378 Å². The van der Waals surface area contributed by atoms with E-state index in [0.29, 0.717) is 19.3 Å². The maximum atomic E-state index is 12.8. The second-order valence-corrected chi connectivity index (χ2v) is 17.8. The molecule has 356 valence electrons. The highest BCUT2D eigenvalue weighted by molar-refractivity contribution is 5.71. The van der Waals surface area contributed by atoms with Crippen molar-refractivity contribution in [3.05, 3.63) is 36.5 Å². The largest absolute Gasteiger partial charge is 0.462 e. The van der Waals surface area contributed by atoms with Crippen LogP contribution in [0.4, 0.5) is 0 Å². The van der Waals surface area contributed by atoms with Crippen molar-refractivity contribution in [2.45, 2.75) is 284 Å². The zero-order valence-corrected chi connectivity index (χ0v) is 40.7. The van der Waals surface area contributed by atoms with E-state index in [-0.39, 0.29) is 31.1 Å². The molecule has 61 heavy (non-hydrogen) atoms. The molecular weight excluding hydrogens is 757 g/mol. The van der Waals surface area contributed by atoms with Crippen molar-refractivity contribution in [3.8, 4) is 0 Å². The highest BCUT2D eigenvalue weighted by atomic mass is 16.6. The molecule has 0 aromatic carbocycles. The molecule has 0 aromatic rings. The van der Waals surface area contributed by atoms with Crippen molar-refractivity contribution in [2.75, 3.05) is 13.2 Å². The standard InChI is InChI=1S/C55H100O6/c1-4-7-10-13-16-19-22-25-26-27-28-31-34-37-40-43-46-49-55(58)61-52(50-59-53(56)47-44-41-38-35-32-29-23-20-17-14-11-8-5-2)51-60-54(57)48-45-42-39-36-33-30-24-21-18-15-12-9-6-3/h16,19-20,23,25-26,52H,4-15,17-18,21-22,24,27-51H2,1-3H3/b19-16-,23-20-,26-25-/t52-/m1/s1. The first kappa shape index (κ1) is 58.6. The zero-order valence-electron chi connectivity index (χ0n) is 40.7. The van der Waals surface area contributed by atoms with Crippen LogP contribution in [0.5, 0.6) is 0 Å². The van der Waals surface area contributed by atoms with Gasteiger partial charge in [-0.25, -0.2) is 0 Å². The number of ether oxygens (including phenoxy) is 3. The van der Waals surface area contributed by atoms with Crippen LogP contribution < -0.4 is 0 Å². The lowest BCUT2D eigenvalue weighted by atomic mass is 10.0. The molecule has 0 spiro atoms. The lowest BCUT2D eigenvalue weighted by Crippen LogP contribution is -2.30. The van der Waals surface area contributed by atoms with Crippen molar-refractivity contribution >= 4 is 17.9 Å². The summed E-state index contributed by atoms with van der Waals surface area (Å²) in [4.78, 5) is 38.0. The minimum atomic E-state index is -0.775. The quantitative estimate of drug-likeness (QED) is 0.0262. The molecule has 0 saturated heterocycles. The Kier molecular flexibility index (Phi) is 48.3. The van der Waals surface area contributed by atoms with Crippen molar-refractivity contribution in [1.82, 2.24) is 0 Å². The predicted molar refractivity (Wildman–Crippen MR) is 261 cm³/mol. The van der Waals surface area contributed by atoms with E-state index in [0.717, 1.165) is 77.0 Å². The van der Waals surface area contributed by atoms with Gasteiger partial charge in [-0.15, -0.1) is 0 Å². The van der Waals surface area contributed by atoms with Crippen molar-refractivity contribution in [1.29, 1.82) is 0 Å². The Balaban J connectivity index is 4.37. The van der Waals surface area contributed by atoms with Crippen molar-refractivity contribution < 1.29 is 28.6 Å². The highest BCUT2D eigenvalue weighted by Crippen LogP contribution is 2.15. The van der Waals surface area contributed by atoms with Crippen LogP contribution in [-0.2, 0) is 28.6 Å². The van der Waals surface area contributed by atoms with Gasteiger partial charge in [0, 0.05) is 19.3 Å². The number of unbranched alkanes of at least 4 members (excludes halogenated alkanes) is 31. The van der Waals surface area contributed by atoms with Gasteiger partial charge in [0.05, 0.1) is 0 Å². The Morgan fingerprint density at radius 2 is 0.590 bits per heavy atom. The Bertz CT molecular complexity index is 1030. The van der Waals surface area contributed by atoms with Crippen LogP contribution in [0.25, 0.3) is 0 Å². The summed E-state index contributed by atoms with van der Waals surface area (Å²) in [5, 5.41) is 0. The van der Waals surface area contributed by atoms with Crippen LogP contribution in [0.3, 0.4) is 0 Å². The number of carbonyl (C=O) groups excluding carboxylic acids is 3. The van der Waals surface area contributed by atoms with E-state index in [1.807, 2.05) is 0 Å². The Morgan fingerprint density at radius 1 is 0.328 bits per heavy atom. The molecule has 0 fully saturated rings. The van der Waals surface area contributed by atoms with Gasteiger partial charge in [0.2, 0.25) is 0 Å². The van der Waals surface area contributed by atoms with Gasteiger partial charge < -0.3 is 14.2 Å². The lowest BCUT2D eigenvalue weighted by Gasteiger charge is -2.18. The first-order valence-electron chi connectivity index (χ1n) is 26.5. The molecule has 0 saturated carbocycles. The summed E-state index contributed by atoms with van der Waals surface area (Å²) in [5.41, 5.74) is 0. The minimum Gasteiger partial charge on any atom is -0.462 e. The molecule has 0 aromatic heterocycles. The third kappa shape index (κ3) is 48.5. The number of allylic oxidation sites excluding steroid dienone is 6. The van der Waals surface area contributed by atoms with Crippen LogP contribution >= 0.6 is 0 Å². The van der Waals surface area contributed by atoms with E-state index in [2.05, 4.69) is 57.2 Å². The van der Waals surface area contributed by atoms with Crippen LogP contribution in [0.1, 0.15) is 278 Å². The maximum absolute atomic E-state index is 12.8. The third-order valence-corrected chi connectivity index (χ3v) is 11.6. The Hall–Kier alpha value is -2.37. The highest BCUT2D eigenvalue weighted by Gasteiger charge is 2.19. The van der Waals surface area contributed by atoms with E-state index >= 15 is 0 Å². The van der Waals surface area contributed by atoms with Gasteiger partial charge in [-0.05, 0) is 77.0 Å². The monoisotopic (exact) mass is 857 g/mol. The van der Waals surface area contributed by atoms with Gasteiger partial charge >= 0.3 is 17.9 Å². The van der Waals surface area contributed by atoms with Crippen molar-refractivity contribution in [2.24, 2.45) is 0 Å². The van der Waals surface area contributed by atoms with Crippen LogP contribution in [0, 0.1) is 0 Å². The van der Waals surface area contributed by atoms with E-state index < -0.39 is 6.10 Å². The summed E-state index contributed by atoms with van der Waals surface area (Å²) in [7, 11) is 0. The van der Waals surface area contributed by atoms with Gasteiger partial charge in [-0.2, -0.15) is 0 Å². The fourth-order valence-electron chi connectivity index (χ4n) is 7.59. The summed E-state index contributed by atoms with van der Waals surface area (Å²) in [6.45, 7) is 6.60.